The van der Waals surface area contributed by atoms with Crippen LogP contribution in [0, 0.1) is 11.7 Å². The van der Waals surface area contributed by atoms with Crippen LogP contribution in [0.3, 0.4) is 0 Å². The molecule has 4 rings (SSSR count). The second kappa shape index (κ2) is 6.19. The van der Waals surface area contributed by atoms with Crippen LogP contribution in [0.5, 0.6) is 5.88 Å². The Morgan fingerprint density at radius 3 is 2.93 bits per heavy atom. The molecule has 0 saturated heterocycles. The lowest BCUT2D eigenvalue weighted by Crippen LogP contribution is -2.35. The Morgan fingerprint density at radius 2 is 2.22 bits per heavy atom. The topological polar surface area (TPSA) is 112 Å². The number of methoxy groups -OCH3 is 1. The molecule has 140 valence electrons. The van der Waals surface area contributed by atoms with E-state index in [9.17, 15) is 9.18 Å². The lowest BCUT2D eigenvalue weighted by molar-refractivity contribution is 0.102. The molecule has 1 amide bonds. The van der Waals surface area contributed by atoms with Gasteiger partial charge in [-0.2, -0.15) is 0 Å². The number of benzene rings is 1. The Labute approximate surface area is 154 Å². The molecule has 2 aromatic rings. The molecule has 1 unspecified atom stereocenters. The number of ether oxygens (including phenoxy) is 2. The number of carbonyl (C=O) groups is 1. The molecular weight excluding hydrogens is 353 g/mol. The van der Waals surface area contributed by atoms with Gasteiger partial charge >= 0.3 is 0 Å². The molecule has 1 fully saturated rings. The monoisotopic (exact) mass is 371 g/mol. The van der Waals surface area contributed by atoms with E-state index in [1.165, 1.54) is 31.6 Å². The normalized spacial score (nSPS) is 25.7. The highest BCUT2D eigenvalue weighted by Gasteiger charge is 2.57. The number of aliphatic imine (C=N–C) groups is 1. The van der Waals surface area contributed by atoms with Gasteiger partial charge < -0.3 is 20.5 Å². The highest BCUT2D eigenvalue weighted by molar-refractivity contribution is 6.02. The molecule has 3 N–H and O–H groups in total. The zero-order valence-electron chi connectivity index (χ0n) is 14.8. The van der Waals surface area contributed by atoms with Gasteiger partial charge in [0.1, 0.15) is 17.6 Å². The molecule has 8 nitrogen and oxygen atoms in total. The van der Waals surface area contributed by atoms with Gasteiger partial charge in [0.25, 0.3) is 11.9 Å². The Morgan fingerprint density at radius 1 is 1.41 bits per heavy atom. The highest BCUT2D eigenvalue weighted by Crippen LogP contribution is 2.53. The molecule has 2 aliphatic rings. The van der Waals surface area contributed by atoms with E-state index in [1.807, 2.05) is 6.92 Å². The van der Waals surface area contributed by atoms with Crippen molar-refractivity contribution in [3.63, 3.8) is 0 Å². The van der Waals surface area contributed by atoms with Crippen LogP contribution in [0.15, 0.2) is 35.6 Å². The van der Waals surface area contributed by atoms with Crippen molar-refractivity contribution in [1.29, 1.82) is 0 Å². The Kier molecular flexibility index (Phi) is 3.94. The van der Waals surface area contributed by atoms with Crippen LogP contribution in [0.25, 0.3) is 0 Å². The third-order valence-corrected chi connectivity index (χ3v) is 4.91. The van der Waals surface area contributed by atoms with Gasteiger partial charge in [0.05, 0.1) is 25.0 Å². The minimum atomic E-state index is -0.836. The summed E-state index contributed by atoms with van der Waals surface area (Å²) in [5.41, 5.74) is 5.81. The lowest BCUT2D eigenvalue weighted by atomic mass is 9.86. The smallest absolute Gasteiger partial charge is 0.283 e. The van der Waals surface area contributed by atoms with Crippen molar-refractivity contribution in [3.05, 3.63) is 47.7 Å². The number of amides is 1. The van der Waals surface area contributed by atoms with Gasteiger partial charge in [-0.15, -0.1) is 0 Å². The number of hydrogen-bond donors (Lipinski definition) is 2. The van der Waals surface area contributed by atoms with E-state index in [0.717, 1.165) is 6.42 Å². The van der Waals surface area contributed by atoms with Crippen molar-refractivity contribution < 1.29 is 18.7 Å². The predicted octanol–water partition coefficient (Wildman–Crippen LogP) is 1.83. The molecule has 1 saturated carbocycles. The minimum absolute atomic E-state index is 0.0419. The summed E-state index contributed by atoms with van der Waals surface area (Å²) in [7, 11) is 1.46. The summed E-state index contributed by atoms with van der Waals surface area (Å²) in [6.07, 6.45) is 3.37. The van der Waals surface area contributed by atoms with E-state index in [1.54, 1.807) is 6.07 Å². The Balaban J connectivity index is 1.61. The molecule has 1 aliphatic heterocycles. The molecule has 27 heavy (non-hydrogen) atoms. The number of hydrogen-bond acceptors (Lipinski definition) is 7. The predicted molar refractivity (Wildman–Crippen MR) is 94.9 cm³/mol. The molecule has 0 radical (unpaired) electrons. The number of nitrogens with one attached hydrogen (secondary N) is 1. The van der Waals surface area contributed by atoms with Gasteiger partial charge in [0.15, 0.2) is 0 Å². The summed E-state index contributed by atoms with van der Waals surface area (Å²) in [4.78, 5) is 24.7. The summed E-state index contributed by atoms with van der Waals surface area (Å²) < 4.78 is 24.9. The van der Waals surface area contributed by atoms with Gasteiger partial charge in [0, 0.05) is 17.2 Å². The molecule has 3 atom stereocenters. The average Bonchev–Trinajstić information content (AvgIpc) is 3.43. The first kappa shape index (κ1) is 17.2. The molecule has 0 spiro atoms. The van der Waals surface area contributed by atoms with Crippen LogP contribution in [-0.2, 0) is 10.3 Å². The molecule has 9 heteroatoms. The first-order valence-electron chi connectivity index (χ1n) is 8.40. The Bertz CT molecular complexity index is 933. The quantitative estimate of drug-likeness (QED) is 0.848. The summed E-state index contributed by atoms with van der Waals surface area (Å²) in [6, 6.07) is 4.41. The molecule has 0 bridgehead atoms. The van der Waals surface area contributed by atoms with Crippen molar-refractivity contribution in [2.24, 2.45) is 16.6 Å². The van der Waals surface area contributed by atoms with Crippen LogP contribution >= 0.6 is 0 Å². The molecule has 1 aromatic carbocycles. The number of rotatable bonds is 4. The Hall–Kier alpha value is -3.23. The maximum absolute atomic E-state index is 14.6. The standard InChI is InChI=1S/C18H18FN5O3/c1-18(11-6-14(11)27-17(20)24-18)10-5-9(3-4-12(10)19)23-16(25)13-7-22-15(26-2)8-21-13/h3-5,7-8,11,14H,6H2,1-2H3,(H2,20,24)(H,23,25)/t11-,14+,18?/m0/s1. The van der Waals surface area contributed by atoms with Crippen LogP contribution in [0.4, 0.5) is 10.1 Å². The summed E-state index contributed by atoms with van der Waals surface area (Å²) in [5, 5.41) is 2.70. The molecule has 2 heterocycles. The average molecular weight is 371 g/mol. The van der Waals surface area contributed by atoms with Crippen LogP contribution in [0.2, 0.25) is 0 Å². The van der Waals surface area contributed by atoms with Gasteiger partial charge in [-0.1, -0.05) is 0 Å². The van der Waals surface area contributed by atoms with E-state index < -0.39 is 17.3 Å². The minimum Gasteiger partial charge on any atom is -0.480 e. The van der Waals surface area contributed by atoms with Gasteiger partial charge in [-0.05, 0) is 31.5 Å². The molecular formula is C18H18FN5O3. The number of amidine groups is 1. The van der Waals surface area contributed by atoms with Crippen LogP contribution in [-0.4, -0.2) is 35.1 Å². The second-order valence-corrected chi connectivity index (χ2v) is 6.69. The summed E-state index contributed by atoms with van der Waals surface area (Å²) in [6.45, 7) is 1.83. The van der Waals surface area contributed by atoms with Gasteiger partial charge in [-0.25, -0.2) is 19.4 Å². The van der Waals surface area contributed by atoms with Crippen LogP contribution in [0.1, 0.15) is 29.4 Å². The first-order valence-corrected chi connectivity index (χ1v) is 8.40. The number of aromatic nitrogens is 2. The van der Waals surface area contributed by atoms with Crippen molar-refractivity contribution in [3.8, 4) is 5.88 Å². The fourth-order valence-corrected chi connectivity index (χ4v) is 3.37. The second-order valence-electron chi connectivity index (χ2n) is 6.69. The van der Waals surface area contributed by atoms with E-state index in [0.29, 0.717) is 17.1 Å². The maximum atomic E-state index is 14.6. The van der Waals surface area contributed by atoms with E-state index in [4.69, 9.17) is 15.2 Å². The van der Waals surface area contributed by atoms with Crippen molar-refractivity contribution in [2.75, 3.05) is 12.4 Å². The van der Waals surface area contributed by atoms with Crippen molar-refractivity contribution in [1.82, 2.24) is 9.97 Å². The third-order valence-electron chi connectivity index (χ3n) is 4.91. The largest absolute Gasteiger partial charge is 0.480 e. The summed E-state index contributed by atoms with van der Waals surface area (Å²) in [5.74, 6) is -0.522. The van der Waals surface area contributed by atoms with E-state index in [2.05, 4.69) is 20.3 Å². The highest BCUT2D eigenvalue weighted by atomic mass is 19.1. The number of halogens is 1. The van der Waals surface area contributed by atoms with Crippen LogP contribution < -0.4 is 15.8 Å². The lowest BCUT2D eigenvalue weighted by Gasteiger charge is -2.30. The molecule has 1 aliphatic carbocycles. The van der Waals surface area contributed by atoms with Gasteiger partial charge in [-0.3, -0.25) is 4.79 Å². The van der Waals surface area contributed by atoms with Gasteiger partial charge in [0.2, 0.25) is 5.88 Å². The fraction of sp³-hybridized carbons (Fsp3) is 0.333. The maximum Gasteiger partial charge on any atom is 0.283 e. The third kappa shape index (κ3) is 3.05. The number of fused-ring (bicyclic) bond motifs is 1. The number of nitrogens with two attached hydrogens (primary N) is 1. The summed E-state index contributed by atoms with van der Waals surface area (Å²) >= 11 is 0. The number of nitrogens with zero attached hydrogens (tertiary/aromatic N) is 3. The SMILES string of the molecule is COc1cnc(C(=O)Nc2ccc(F)c(C3(C)N=C(N)O[C@@H]4C[C@@H]43)c2)cn1. The molecule has 1 aromatic heterocycles. The zero-order chi connectivity index (χ0) is 19.2. The van der Waals surface area contributed by atoms with Crippen molar-refractivity contribution in [2.45, 2.75) is 25.0 Å². The number of anilines is 1. The van der Waals surface area contributed by atoms with Crippen molar-refractivity contribution >= 4 is 17.6 Å². The van der Waals surface area contributed by atoms with E-state index >= 15 is 0 Å². The number of carbonyl (C=O) groups excluding carboxylic acids is 1. The zero-order valence-corrected chi connectivity index (χ0v) is 14.8. The fourth-order valence-electron chi connectivity index (χ4n) is 3.37. The first-order chi connectivity index (χ1) is 12.9. The van der Waals surface area contributed by atoms with E-state index in [-0.39, 0.29) is 23.7 Å².